The van der Waals surface area contributed by atoms with Crippen molar-refractivity contribution >= 4 is 58.7 Å². The van der Waals surface area contributed by atoms with Crippen LogP contribution in [0, 0.1) is 0 Å². The second kappa shape index (κ2) is 3.34. The van der Waals surface area contributed by atoms with Gasteiger partial charge in [0.25, 0.3) is 0 Å². The first-order valence-electron chi connectivity index (χ1n) is 5.22. The summed E-state index contributed by atoms with van der Waals surface area (Å²) in [5.74, 6) is 0. The van der Waals surface area contributed by atoms with Crippen molar-refractivity contribution in [2.24, 2.45) is 0 Å². The number of benzene rings is 2. The molecule has 4 aromatic rings. The normalized spacial score (nSPS) is 11.8. The van der Waals surface area contributed by atoms with Crippen molar-refractivity contribution in [1.82, 2.24) is 0 Å². The van der Waals surface area contributed by atoms with E-state index in [-0.39, 0.29) is 20.4 Å². The van der Waals surface area contributed by atoms with Crippen LogP contribution in [0.4, 0.5) is 0 Å². The van der Waals surface area contributed by atoms with Gasteiger partial charge in [-0.1, -0.05) is 0 Å². The van der Waals surface area contributed by atoms with Gasteiger partial charge >= 0.3 is 107 Å². The third-order valence-electron chi connectivity index (χ3n) is 2.89. The molecule has 0 saturated heterocycles. The number of rotatable bonds is 0. The molecule has 76 valence electrons. The summed E-state index contributed by atoms with van der Waals surface area (Å²) in [4.78, 5) is 0. The standard InChI is InChI=1S/C14H8STe/c1-3-7-11-9(5-1)14-13(15-11)10-6-2-4-8-12(10)16-14/h1-8H. The molecular formula is C14H8STe. The monoisotopic (exact) mass is 338 g/mol. The maximum absolute atomic E-state index is 2.30. The first-order valence-corrected chi connectivity index (χ1v) is 8.37. The molecule has 0 bridgehead atoms. The third-order valence-corrected chi connectivity index (χ3v) is 7.94. The molecule has 2 heteroatoms. The van der Waals surface area contributed by atoms with E-state index in [2.05, 4.69) is 48.5 Å². The van der Waals surface area contributed by atoms with Gasteiger partial charge in [0.1, 0.15) is 0 Å². The number of hydrogen-bond acceptors (Lipinski definition) is 1. The molecule has 0 spiro atoms. The van der Waals surface area contributed by atoms with Crippen LogP contribution < -0.4 is 0 Å². The van der Waals surface area contributed by atoms with E-state index in [9.17, 15) is 0 Å². The molecule has 0 unspecified atom stereocenters. The van der Waals surface area contributed by atoms with Gasteiger partial charge in [-0.25, -0.2) is 0 Å². The number of hydrogen-bond donors (Lipinski definition) is 0. The average Bonchev–Trinajstić information content (AvgIpc) is 2.85. The van der Waals surface area contributed by atoms with E-state index in [1.165, 1.54) is 15.5 Å². The second-order valence-electron chi connectivity index (χ2n) is 3.85. The fraction of sp³-hybridized carbons (Fsp3) is 0. The second-order valence-corrected chi connectivity index (χ2v) is 7.91. The van der Waals surface area contributed by atoms with Crippen LogP contribution in [0.2, 0.25) is 0 Å². The van der Waals surface area contributed by atoms with Crippen LogP contribution in [0.3, 0.4) is 0 Å². The van der Waals surface area contributed by atoms with Crippen molar-refractivity contribution in [3.63, 3.8) is 0 Å². The van der Waals surface area contributed by atoms with Crippen LogP contribution in [-0.2, 0) is 0 Å². The van der Waals surface area contributed by atoms with Crippen molar-refractivity contribution in [2.45, 2.75) is 0 Å². The van der Waals surface area contributed by atoms with Gasteiger partial charge in [-0.05, 0) is 0 Å². The fourth-order valence-corrected chi connectivity index (χ4v) is 7.58. The predicted molar refractivity (Wildman–Crippen MR) is 73.8 cm³/mol. The quantitative estimate of drug-likeness (QED) is 0.421. The van der Waals surface area contributed by atoms with Gasteiger partial charge in [-0.15, -0.1) is 0 Å². The summed E-state index contributed by atoms with van der Waals surface area (Å²) < 4.78 is 6.26. The van der Waals surface area contributed by atoms with Gasteiger partial charge in [0.05, 0.1) is 0 Å². The van der Waals surface area contributed by atoms with Crippen molar-refractivity contribution in [2.75, 3.05) is 0 Å². The van der Waals surface area contributed by atoms with Crippen LogP contribution in [0.25, 0.3) is 27.0 Å². The van der Waals surface area contributed by atoms with Crippen molar-refractivity contribution in [3.05, 3.63) is 48.5 Å². The molecule has 0 nitrogen and oxygen atoms in total. The molecule has 0 saturated carbocycles. The number of thiophene rings is 1. The van der Waals surface area contributed by atoms with Crippen LogP contribution in [0.1, 0.15) is 0 Å². The minimum absolute atomic E-state index is 0.144. The van der Waals surface area contributed by atoms with E-state index in [0.717, 1.165) is 0 Å². The molecule has 2 aromatic heterocycles. The number of fused-ring (bicyclic) bond motifs is 5. The Bertz CT molecular complexity index is 737. The first-order chi connectivity index (χ1) is 7.93. The zero-order chi connectivity index (χ0) is 10.5. The zero-order valence-corrected chi connectivity index (χ0v) is 11.6. The van der Waals surface area contributed by atoms with Crippen LogP contribution in [0.5, 0.6) is 0 Å². The molecule has 16 heavy (non-hydrogen) atoms. The van der Waals surface area contributed by atoms with Gasteiger partial charge in [-0.3, -0.25) is 0 Å². The maximum atomic E-state index is 2.30. The van der Waals surface area contributed by atoms with Gasteiger partial charge in [0, 0.05) is 0 Å². The Morgan fingerprint density at radius 1 is 0.812 bits per heavy atom. The Kier molecular flexibility index (Phi) is 1.93. The van der Waals surface area contributed by atoms with Crippen LogP contribution >= 0.6 is 11.3 Å². The SMILES string of the molecule is c1ccc2c(c1)sc1c3ccccc3[te]c21. The molecule has 0 N–H and O–H groups in total. The zero-order valence-electron chi connectivity index (χ0n) is 8.44. The van der Waals surface area contributed by atoms with Crippen molar-refractivity contribution in [3.8, 4) is 0 Å². The van der Waals surface area contributed by atoms with E-state index in [0.29, 0.717) is 0 Å². The summed E-state index contributed by atoms with van der Waals surface area (Å²) in [5.41, 5.74) is 0. The summed E-state index contributed by atoms with van der Waals surface area (Å²) in [6.45, 7) is 0. The van der Waals surface area contributed by atoms with E-state index < -0.39 is 0 Å². The van der Waals surface area contributed by atoms with E-state index in [4.69, 9.17) is 0 Å². The molecule has 0 radical (unpaired) electrons. The van der Waals surface area contributed by atoms with Crippen LogP contribution in [-0.4, -0.2) is 20.4 Å². The summed E-state index contributed by atoms with van der Waals surface area (Å²) in [5, 5.41) is 3.00. The molecule has 0 aliphatic carbocycles. The topological polar surface area (TPSA) is 0 Å². The van der Waals surface area contributed by atoms with E-state index in [1.807, 2.05) is 11.3 Å². The third kappa shape index (κ3) is 1.16. The van der Waals surface area contributed by atoms with Crippen molar-refractivity contribution < 1.29 is 0 Å². The molecule has 2 aromatic carbocycles. The Morgan fingerprint density at radius 3 is 2.50 bits per heavy atom. The molecule has 0 amide bonds. The Morgan fingerprint density at radius 2 is 1.56 bits per heavy atom. The molecule has 2 heterocycles. The Balaban J connectivity index is 2.35. The van der Waals surface area contributed by atoms with E-state index >= 15 is 0 Å². The molecule has 0 fully saturated rings. The van der Waals surface area contributed by atoms with E-state index in [1.54, 1.807) is 11.5 Å². The summed E-state index contributed by atoms with van der Waals surface area (Å²) in [7, 11) is 0. The molecular weight excluding hydrogens is 328 g/mol. The molecule has 0 aliphatic heterocycles. The van der Waals surface area contributed by atoms with Gasteiger partial charge in [-0.2, -0.15) is 0 Å². The minimum atomic E-state index is -0.144. The molecule has 4 rings (SSSR count). The van der Waals surface area contributed by atoms with Gasteiger partial charge in [0.15, 0.2) is 0 Å². The molecule has 0 aliphatic rings. The Hall–Kier alpha value is -0.810. The van der Waals surface area contributed by atoms with Gasteiger partial charge in [0.2, 0.25) is 0 Å². The summed E-state index contributed by atoms with van der Waals surface area (Å²) in [6.07, 6.45) is 0. The Labute approximate surface area is 107 Å². The predicted octanol–water partition coefficient (Wildman–Crippen LogP) is 4.26. The molecule has 0 atom stereocenters. The van der Waals surface area contributed by atoms with Crippen molar-refractivity contribution in [1.29, 1.82) is 0 Å². The fourth-order valence-electron chi connectivity index (χ4n) is 2.15. The average molecular weight is 336 g/mol. The summed E-state index contributed by atoms with van der Waals surface area (Å²) in [6, 6.07) is 17.7. The van der Waals surface area contributed by atoms with Gasteiger partial charge < -0.3 is 0 Å². The summed E-state index contributed by atoms with van der Waals surface area (Å²) >= 11 is 1.82. The van der Waals surface area contributed by atoms with Crippen LogP contribution in [0.15, 0.2) is 48.5 Å². The first kappa shape index (κ1) is 9.24.